The van der Waals surface area contributed by atoms with E-state index in [1.54, 1.807) is 18.3 Å². The molecule has 27 heavy (non-hydrogen) atoms. The maximum Gasteiger partial charge on any atom is 0.290 e. The molecule has 1 aromatic heterocycles. The number of aliphatic hydroxyl groups is 1. The number of sulfone groups is 1. The van der Waals surface area contributed by atoms with Gasteiger partial charge in [0, 0.05) is 12.8 Å². The van der Waals surface area contributed by atoms with Crippen molar-refractivity contribution in [1.29, 1.82) is 0 Å². The van der Waals surface area contributed by atoms with Gasteiger partial charge in [-0.3, -0.25) is 9.59 Å². The van der Waals surface area contributed by atoms with E-state index in [4.69, 9.17) is 9.90 Å². The zero-order valence-corrected chi connectivity index (χ0v) is 15.9. The number of rotatable bonds is 7. The van der Waals surface area contributed by atoms with Crippen LogP contribution in [0.3, 0.4) is 0 Å². The van der Waals surface area contributed by atoms with Crippen molar-refractivity contribution in [2.75, 3.05) is 19.4 Å². The van der Waals surface area contributed by atoms with E-state index in [-0.39, 0.29) is 36.8 Å². The molecule has 1 amide bonds. The maximum absolute atomic E-state index is 12.5. The van der Waals surface area contributed by atoms with Crippen molar-refractivity contribution in [2.45, 2.75) is 24.8 Å². The van der Waals surface area contributed by atoms with E-state index >= 15 is 0 Å². The molecule has 0 unspecified atom stereocenters. The highest BCUT2D eigenvalue weighted by Crippen LogP contribution is 2.12. The molecule has 0 atom stereocenters. The van der Waals surface area contributed by atoms with Crippen molar-refractivity contribution in [3.63, 3.8) is 0 Å². The summed E-state index contributed by atoms with van der Waals surface area (Å²) in [5.41, 5.74) is 1.51. The number of benzene rings is 1. The van der Waals surface area contributed by atoms with Crippen molar-refractivity contribution in [3.05, 3.63) is 47.5 Å². The predicted octanol–water partition coefficient (Wildman–Crippen LogP) is 0.386. The van der Waals surface area contributed by atoms with Gasteiger partial charge in [-0.15, -0.1) is 0 Å². The van der Waals surface area contributed by atoms with Crippen LogP contribution in [-0.2, 0) is 32.4 Å². The largest absolute Gasteiger partial charge is 0.483 e. The number of hydrogen-bond donors (Lipinski definition) is 3. The van der Waals surface area contributed by atoms with Crippen molar-refractivity contribution < 1.29 is 28.2 Å². The first-order valence-electron chi connectivity index (χ1n) is 7.97. The summed E-state index contributed by atoms with van der Waals surface area (Å²) in [5.74, 6) is 0.612. The number of carboxylic acid groups (broad SMARTS) is 1. The highest BCUT2D eigenvalue weighted by molar-refractivity contribution is 7.90. The van der Waals surface area contributed by atoms with Gasteiger partial charge in [0.1, 0.15) is 5.82 Å². The third kappa shape index (κ3) is 7.59. The fourth-order valence-corrected chi connectivity index (χ4v) is 2.94. The molecule has 3 N–H and O–H groups in total. The van der Waals surface area contributed by atoms with Crippen LogP contribution in [-0.4, -0.2) is 65.3 Å². The SMILES string of the molecule is Cc1ncc(CN(CCO)C(=O)Cc2ccc(S(C)(=O)=O)cc2)[nH]1.O=CO. The van der Waals surface area contributed by atoms with E-state index in [1.807, 2.05) is 6.92 Å². The molecule has 0 aliphatic heterocycles. The number of amides is 1. The molecule has 0 saturated heterocycles. The van der Waals surface area contributed by atoms with Crippen molar-refractivity contribution in [1.82, 2.24) is 14.9 Å². The smallest absolute Gasteiger partial charge is 0.290 e. The molecule has 10 heteroatoms. The molecule has 148 valence electrons. The summed E-state index contributed by atoms with van der Waals surface area (Å²) in [6.45, 7) is 2.00. The first kappa shape index (κ1) is 22.3. The number of nitrogens with one attached hydrogen (secondary N) is 1. The lowest BCUT2D eigenvalue weighted by atomic mass is 10.1. The van der Waals surface area contributed by atoms with Crippen LogP contribution in [0.1, 0.15) is 17.1 Å². The number of aromatic amines is 1. The van der Waals surface area contributed by atoms with Crippen LogP contribution < -0.4 is 0 Å². The second kappa shape index (κ2) is 10.4. The topological polar surface area (TPSA) is 141 Å². The molecule has 0 bridgehead atoms. The van der Waals surface area contributed by atoms with E-state index in [2.05, 4.69) is 9.97 Å². The fraction of sp³-hybridized carbons (Fsp3) is 0.353. The van der Waals surface area contributed by atoms with Crippen LogP contribution in [0.2, 0.25) is 0 Å². The standard InChI is InChI=1S/C16H21N3O4S.CH2O2/c1-12-17-10-14(18-12)11-19(7-8-20)16(21)9-13-3-5-15(6-4-13)24(2,22)23;2-1-3/h3-6,10,20H,7-9,11H2,1-2H3,(H,17,18);1H,(H,2,3). The normalized spacial score (nSPS) is 10.6. The van der Waals surface area contributed by atoms with Gasteiger partial charge in [-0.1, -0.05) is 12.1 Å². The number of hydrogen-bond acceptors (Lipinski definition) is 6. The summed E-state index contributed by atoms with van der Waals surface area (Å²) in [7, 11) is -3.25. The summed E-state index contributed by atoms with van der Waals surface area (Å²) in [4.78, 5) is 29.7. The Morgan fingerprint density at radius 1 is 1.30 bits per heavy atom. The fourth-order valence-electron chi connectivity index (χ4n) is 2.31. The zero-order valence-electron chi connectivity index (χ0n) is 15.1. The number of carbonyl (C=O) groups is 2. The number of imidazole rings is 1. The van der Waals surface area contributed by atoms with E-state index in [0.717, 1.165) is 23.3 Å². The van der Waals surface area contributed by atoms with Crippen LogP contribution >= 0.6 is 0 Å². The van der Waals surface area contributed by atoms with Crippen molar-refractivity contribution in [3.8, 4) is 0 Å². The summed E-state index contributed by atoms with van der Waals surface area (Å²) in [5, 5.41) is 16.1. The molecule has 1 heterocycles. The Balaban J connectivity index is 0.00000114. The van der Waals surface area contributed by atoms with E-state index in [9.17, 15) is 18.3 Å². The summed E-state index contributed by atoms with van der Waals surface area (Å²) < 4.78 is 22.9. The molecule has 0 aliphatic carbocycles. The highest BCUT2D eigenvalue weighted by Gasteiger charge is 2.16. The number of nitrogens with zero attached hydrogens (tertiary/aromatic N) is 2. The monoisotopic (exact) mass is 397 g/mol. The summed E-state index contributed by atoms with van der Waals surface area (Å²) in [6, 6.07) is 6.25. The minimum Gasteiger partial charge on any atom is -0.483 e. The summed E-state index contributed by atoms with van der Waals surface area (Å²) in [6.07, 6.45) is 2.94. The predicted molar refractivity (Wildman–Crippen MR) is 97.8 cm³/mol. The lowest BCUT2D eigenvalue weighted by Gasteiger charge is -2.21. The van der Waals surface area contributed by atoms with Gasteiger partial charge >= 0.3 is 0 Å². The molecule has 2 aromatic rings. The van der Waals surface area contributed by atoms with E-state index < -0.39 is 9.84 Å². The number of aryl methyl sites for hydroxylation is 1. The number of carbonyl (C=O) groups excluding carboxylic acids is 1. The maximum atomic E-state index is 12.5. The van der Waals surface area contributed by atoms with Gasteiger partial charge < -0.3 is 20.1 Å². The Morgan fingerprint density at radius 3 is 2.33 bits per heavy atom. The minimum absolute atomic E-state index is 0.133. The second-order valence-corrected chi connectivity index (χ2v) is 7.75. The average Bonchev–Trinajstić information content (AvgIpc) is 3.00. The van der Waals surface area contributed by atoms with Crippen molar-refractivity contribution in [2.24, 2.45) is 0 Å². The van der Waals surface area contributed by atoms with E-state index in [0.29, 0.717) is 6.54 Å². The molecular formula is C17H23N3O6S. The van der Waals surface area contributed by atoms with Gasteiger partial charge in [-0.25, -0.2) is 13.4 Å². The second-order valence-electron chi connectivity index (χ2n) is 5.73. The number of H-pyrrole nitrogens is 1. The lowest BCUT2D eigenvalue weighted by molar-refractivity contribution is -0.131. The number of aromatic nitrogens is 2. The molecule has 2 rings (SSSR count). The van der Waals surface area contributed by atoms with Gasteiger partial charge in [0.2, 0.25) is 5.91 Å². The van der Waals surface area contributed by atoms with Gasteiger partial charge in [-0.05, 0) is 24.6 Å². The highest BCUT2D eigenvalue weighted by atomic mass is 32.2. The number of aliphatic hydroxyl groups excluding tert-OH is 1. The Bertz CT molecular complexity index is 846. The van der Waals surface area contributed by atoms with Gasteiger partial charge in [-0.2, -0.15) is 0 Å². The average molecular weight is 397 g/mol. The van der Waals surface area contributed by atoms with Crippen LogP contribution in [0, 0.1) is 6.92 Å². The quantitative estimate of drug-likeness (QED) is 0.574. The van der Waals surface area contributed by atoms with Gasteiger partial charge in [0.05, 0.1) is 36.4 Å². The molecule has 0 radical (unpaired) electrons. The Morgan fingerprint density at radius 2 is 1.89 bits per heavy atom. The lowest BCUT2D eigenvalue weighted by Crippen LogP contribution is -2.34. The third-order valence-electron chi connectivity index (χ3n) is 3.55. The molecule has 0 spiro atoms. The third-order valence-corrected chi connectivity index (χ3v) is 4.67. The Kier molecular flexibility index (Phi) is 8.63. The molecule has 0 saturated carbocycles. The van der Waals surface area contributed by atoms with Gasteiger partial charge in [0.25, 0.3) is 6.47 Å². The first-order valence-corrected chi connectivity index (χ1v) is 9.86. The molecule has 0 fully saturated rings. The van der Waals surface area contributed by atoms with Crippen LogP contribution in [0.25, 0.3) is 0 Å². The first-order chi connectivity index (χ1) is 12.7. The van der Waals surface area contributed by atoms with E-state index in [1.165, 1.54) is 17.0 Å². The summed E-state index contributed by atoms with van der Waals surface area (Å²) >= 11 is 0. The molecule has 0 aliphatic rings. The Hall–Kier alpha value is -2.72. The van der Waals surface area contributed by atoms with Crippen molar-refractivity contribution >= 4 is 22.2 Å². The van der Waals surface area contributed by atoms with Gasteiger partial charge in [0.15, 0.2) is 9.84 Å². The molecular weight excluding hydrogens is 374 g/mol. The minimum atomic E-state index is -3.25. The van der Waals surface area contributed by atoms with Crippen LogP contribution in [0.15, 0.2) is 35.4 Å². The van der Waals surface area contributed by atoms with Crippen LogP contribution in [0.4, 0.5) is 0 Å². The Labute approximate surface area is 157 Å². The zero-order chi connectivity index (χ0) is 20.4. The molecule has 1 aromatic carbocycles. The van der Waals surface area contributed by atoms with Crippen LogP contribution in [0.5, 0.6) is 0 Å². The molecule has 9 nitrogen and oxygen atoms in total.